The highest BCUT2D eigenvalue weighted by Gasteiger charge is 2.23. The molecule has 1 fully saturated rings. The smallest absolute Gasteiger partial charge is 0.232 e. The molecule has 1 aliphatic heterocycles. The largest absolute Gasteiger partial charge is 0.366 e. The molecule has 3 rings (SSSR count). The van der Waals surface area contributed by atoms with E-state index in [1.165, 1.54) is 10.4 Å². The summed E-state index contributed by atoms with van der Waals surface area (Å²) in [6.07, 6.45) is 1.77. The predicted octanol–water partition coefficient (Wildman–Crippen LogP) is 3.37. The summed E-state index contributed by atoms with van der Waals surface area (Å²) in [5.41, 5.74) is 1.03. The summed E-state index contributed by atoms with van der Waals surface area (Å²) >= 11 is 5.98. The zero-order valence-electron chi connectivity index (χ0n) is 16.8. The number of benzene rings is 2. The Morgan fingerprint density at radius 2 is 1.80 bits per heavy atom. The summed E-state index contributed by atoms with van der Waals surface area (Å²) in [5.74, 6) is -0.290. The van der Waals surface area contributed by atoms with Crippen LogP contribution in [0.2, 0.25) is 5.02 Å². The molecule has 1 saturated heterocycles. The normalized spacial score (nSPS) is 14.6. The Labute approximate surface area is 181 Å². The Balaban J connectivity index is 1.52. The molecule has 2 aromatic rings. The molecule has 1 amide bonds. The van der Waals surface area contributed by atoms with Gasteiger partial charge >= 0.3 is 0 Å². The molecule has 0 bridgehead atoms. The van der Waals surface area contributed by atoms with Crippen molar-refractivity contribution in [1.82, 2.24) is 4.90 Å². The molecule has 0 unspecified atom stereocenters. The number of para-hydroxylation sites is 1. The minimum absolute atomic E-state index is 0.0253. The number of rotatable bonds is 7. The predicted molar refractivity (Wildman–Crippen MR) is 118 cm³/mol. The van der Waals surface area contributed by atoms with Gasteiger partial charge in [-0.15, -0.1) is 0 Å². The summed E-state index contributed by atoms with van der Waals surface area (Å²) in [7, 11) is -3.49. The Morgan fingerprint density at radius 3 is 2.43 bits per heavy atom. The molecule has 30 heavy (non-hydrogen) atoms. The zero-order valence-corrected chi connectivity index (χ0v) is 18.4. The average Bonchev–Trinajstić information content (AvgIpc) is 2.70. The number of carbonyl (C=O) groups is 1. The van der Waals surface area contributed by atoms with E-state index in [-0.39, 0.29) is 24.7 Å². The number of hydrogen-bond donors (Lipinski definition) is 0. The quantitative estimate of drug-likeness (QED) is 0.644. The van der Waals surface area contributed by atoms with Crippen molar-refractivity contribution in [2.75, 3.05) is 48.2 Å². The van der Waals surface area contributed by atoms with Crippen molar-refractivity contribution in [3.05, 3.63) is 59.4 Å². The van der Waals surface area contributed by atoms with Crippen LogP contribution in [0.15, 0.2) is 48.5 Å². The van der Waals surface area contributed by atoms with E-state index in [0.717, 1.165) is 6.26 Å². The zero-order chi connectivity index (χ0) is 21.7. The highest BCUT2D eigenvalue weighted by molar-refractivity contribution is 7.92. The molecule has 0 radical (unpaired) electrons. The van der Waals surface area contributed by atoms with E-state index in [1.54, 1.807) is 47.4 Å². The van der Waals surface area contributed by atoms with Crippen LogP contribution in [0.5, 0.6) is 0 Å². The molecule has 0 atom stereocenters. The first-order valence-corrected chi connectivity index (χ1v) is 12.0. The van der Waals surface area contributed by atoms with E-state index in [0.29, 0.717) is 49.0 Å². The Kier molecular flexibility index (Phi) is 7.20. The second kappa shape index (κ2) is 9.66. The van der Waals surface area contributed by atoms with Crippen LogP contribution >= 0.6 is 11.6 Å². The second-order valence-corrected chi connectivity index (χ2v) is 9.58. The van der Waals surface area contributed by atoms with Gasteiger partial charge in [0.15, 0.2) is 0 Å². The van der Waals surface area contributed by atoms with Gasteiger partial charge in [0.2, 0.25) is 15.9 Å². The minimum Gasteiger partial charge on any atom is -0.366 e. The molecule has 162 valence electrons. The number of halogens is 2. The lowest BCUT2D eigenvalue weighted by Gasteiger charge is -2.36. The van der Waals surface area contributed by atoms with Crippen molar-refractivity contribution in [2.24, 2.45) is 0 Å². The lowest BCUT2D eigenvalue weighted by atomic mass is 10.2. The van der Waals surface area contributed by atoms with Gasteiger partial charge in [0, 0.05) is 44.2 Å². The first-order valence-electron chi connectivity index (χ1n) is 9.76. The van der Waals surface area contributed by atoms with E-state index < -0.39 is 10.0 Å². The van der Waals surface area contributed by atoms with Crippen LogP contribution in [0.4, 0.5) is 15.8 Å². The van der Waals surface area contributed by atoms with E-state index in [9.17, 15) is 17.6 Å². The number of nitrogens with zero attached hydrogens (tertiary/aromatic N) is 3. The van der Waals surface area contributed by atoms with Gasteiger partial charge in [-0.05, 0) is 36.8 Å². The first kappa shape index (κ1) is 22.4. The summed E-state index contributed by atoms with van der Waals surface area (Å²) < 4.78 is 39.6. The van der Waals surface area contributed by atoms with Gasteiger partial charge in [-0.3, -0.25) is 9.10 Å². The Hall–Kier alpha value is -2.32. The van der Waals surface area contributed by atoms with Gasteiger partial charge in [0.25, 0.3) is 0 Å². The fourth-order valence-electron chi connectivity index (χ4n) is 3.55. The molecule has 0 saturated carbocycles. The number of anilines is 2. The summed E-state index contributed by atoms with van der Waals surface area (Å²) in [6.45, 7) is 2.34. The highest BCUT2D eigenvalue weighted by Crippen LogP contribution is 2.23. The fourth-order valence-corrected chi connectivity index (χ4v) is 4.70. The van der Waals surface area contributed by atoms with Crippen LogP contribution in [-0.4, -0.2) is 58.2 Å². The lowest BCUT2D eigenvalue weighted by molar-refractivity contribution is -0.131. The molecule has 0 spiro atoms. The SMILES string of the molecule is CS(=O)(=O)N(CCCC(=O)N1CCN(c2ccccc2F)CC1)c1cccc(Cl)c1. The Bertz CT molecular complexity index is 994. The number of hydrogen-bond acceptors (Lipinski definition) is 4. The molecular weight excluding hydrogens is 429 g/mol. The molecule has 2 aromatic carbocycles. The van der Waals surface area contributed by atoms with Crippen LogP contribution in [0.25, 0.3) is 0 Å². The number of sulfonamides is 1. The first-order chi connectivity index (χ1) is 14.3. The van der Waals surface area contributed by atoms with Crippen molar-refractivity contribution >= 4 is 38.9 Å². The third-order valence-electron chi connectivity index (χ3n) is 5.07. The summed E-state index contributed by atoms with van der Waals surface area (Å²) in [5, 5.41) is 0.449. The van der Waals surface area contributed by atoms with Crippen LogP contribution < -0.4 is 9.21 Å². The molecule has 0 aromatic heterocycles. The average molecular weight is 454 g/mol. The van der Waals surface area contributed by atoms with Gasteiger partial charge in [-0.25, -0.2) is 12.8 Å². The van der Waals surface area contributed by atoms with E-state index in [4.69, 9.17) is 11.6 Å². The van der Waals surface area contributed by atoms with Gasteiger partial charge in [0.1, 0.15) is 5.82 Å². The van der Waals surface area contributed by atoms with Crippen molar-refractivity contribution in [3.63, 3.8) is 0 Å². The van der Waals surface area contributed by atoms with Crippen LogP contribution in [0.3, 0.4) is 0 Å². The number of piperazine rings is 1. The van der Waals surface area contributed by atoms with E-state index in [1.807, 2.05) is 4.90 Å². The standard InChI is InChI=1S/C21H25ClFN3O3S/c1-30(28,29)26(18-7-4-6-17(22)16-18)11-5-10-21(27)25-14-12-24(13-15-25)20-9-3-2-8-19(20)23/h2-4,6-9,16H,5,10-15H2,1H3. The maximum Gasteiger partial charge on any atom is 0.232 e. The topological polar surface area (TPSA) is 60.9 Å². The van der Waals surface area contributed by atoms with Gasteiger partial charge in [-0.2, -0.15) is 0 Å². The second-order valence-electron chi connectivity index (χ2n) is 7.24. The highest BCUT2D eigenvalue weighted by atomic mass is 35.5. The third kappa shape index (κ3) is 5.64. The van der Waals surface area contributed by atoms with Gasteiger partial charge < -0.3 is 9.80 Å². The molecule has 0 N–H and O–H groups in total. The third-order valence-corrected chi connectivity index (χ3v) is 6.50. The molecule has 9 heteroatoms. The van der Waals surface area contributed by atoms with Crippen LogP contribution in [-0.2, 0) is 14.8 Å². The summed E-state index contributed by atoms with van der Waals surface area (Å²) in [6, 6.07) is 13.3. The van der Waals surface area contributed by atoms with Crippen molar-refractivity contribution in [1.29, 1.82) is 0 Å². The number of carbonyl (C=O) groups excluding carboxylic acids is 1. The van der Waals surface area contributed by atoms with Gasteiger partial charge in [0.05, 0.1) is 17.6 Å². The molecular formula is C21H25ClFN3O3S. The molecule has 1 aliphatic rings. The van der Waals surface area contributed by atoms with Crippen molar-refractivity contribution in [2.45, 2.75) is 12.8 Å². The monoisotopic (exact) mass is 453 g/mol. The maximum atomic E-state index is 13.9. The molecule has 6 nitrogen and oxygen atoms in total. The Morgan fingerprint density at radius 1 is 1.10 bits per heavy atom. The molecule has 0 aliphatic carbocycles. The van der Waals surface area contributed by atoms with Crippen LogP contribution in [0.1, 0.15) is 12.8 Å². The van der Waals surface area contributed by atoms with Crippen molar-refractivity contribution in [3.8, 4) is 0 Å². The van der Waals surface area contributed by atoms with Crippen LogP contribution in [0, 0.1) is 5.82 Å². The lowest BCUT2D eigenvalue weighted by Crippen LogP contribution is -2.49. The minimum atomic E-state index is -3.49. The van der Waals surface area contributed by atoms with Crippen molar-refractivity contribution < 1.29 is 17.6 Å². The maximum absolute atomic E-state index is 13.9. The number of amides is 1. The van der Waals surface area contributed by atoms with E-state index >= 15 is 0 Å². The molecule has 1 heterocycles. The van der Waals surface area contributed by atoms with E-state index in [2.05, 4.69) is 0 Å². The van der Waals surface area contributed by atoms with Gasteiger partial charge in [-0.1, -0.05) is 29.8 Å². The summed E-state index contributed by atoms with van der Waals surface area (Å²) in [4.78, 5) is 16.3. The fraction of sp³-hybridized carbons (Fsp3) is 0.381.